The minimum atomic E-state index is -0.304. The SMILES string of the molecule is C#CCOc1ccc(C(=O)Nc2cc(OC)c(Cl)cc2OC)cc1. The molecule has 0 saturated carbocycles. The second kappa shape index (κ2) is 8.14. The van der Waals surface area contributed by atoms with Crippen LogP contribution in [0.3, 0.4) is 0 Å². The number of rotatable bonds is 6. The summed E-state index contributed by atoms with van der Waals surface area (Å²) >= 11 is 6.05. The number of carbonyl (C=O) groups is 1. The number of terminal acetylenes is 1. The maximum Gasteiger partial charge on any atom is 0.255 e. The largest absolute Gasteiger partial charge is 0.495 e. The Morgan fingerprint density at radius 3 is 2.42 bits per heavy atom. The van der Waals surface area contributed by atoms with Crippen molar-refractivity contribution in [3.05, 3.63) is 47.0 Å². The number of hydrogen-bond acceptors (Lipinski definition) is 4. The first-order chi connectivity index (χ1) is 11.6. The molecule has 0 aliphatic heterocycles. The van der Waals surface area contributed by atoms with Gasteiger partial charge in [-0.3, -0.25) is 4.79 Å². The number of carbonyl (C=O) groups excluding carboxylic acids is 1. The van der Waals surface area contributed by atoms with Crippen LogP contribution in [0, 0.1) is 12.3 Å². The number of amides is 1. The number of hydrogen-bond donors (Lipinski definition) is 1. The molecule has 24 heavy (non-hydrogen) atoms. The van der Waals surface area contributed by atoms with Crippen LogP contribution < -0.4 is 19.5 Å². The lowest BCUT2D eigenvalue weighted by Gasteiger charge is -2.13. The molecule has 1 N–H and O–H groups in total. The van der Waals surface area contributed by atoms with E-state index in [0.29, 0.717) is 33.5 Å². The molecule has 0 bridgehead atoms. The van der Waals surface area contributed by atoms with Crippen molar-refractivity contribution >= 4 is 23.2 Å². The minimum Gasteiger partial charge on any atom is -0.495 e. The van der Waals surface area contributed by atoms with Crippen LogP contribution in [0.1, 0.15) is 10.4 Å². The van der Waals surface area contributed by atoms with E-state index >= 15 is 0 Å². The van der Waals surface area contributed by atoms with Gasteiger partial charge in [0.2, 0.25) is 0 Å². The Hall–Kier alpha value is -2.84. The van der Waals surface area contributed by atoms with Crippen molar-refractivity contribution in [2.45, 2.75) is 0 Å². The molecule has 0 spiro atoms. The third-order valence-electron chi connectivity index (χ3n) is 3.16. The van der Waals surface area contributed by atoms with Gasteiger partial charge in [-0.25, -0.2) is 0 Å². The molecule has 0 atom stereocenters. The van der Waals surface area contributed by atoms with E-state index in [9.17, 15) is 4.79 Å². The predicted molar refractivity (Wildman–Crippen MR) is 93.3 cm³/mol. The first kappa shape index (κ1) is 17.5. The van der Waals surface area contributed by atoms with Crippen LogP contribution in [0.2, 0.25) is 5.02 Å². The van der Waals surface area contributed by atoms with Crippen LogP contribution in [0.25, 0.3) is 0 Å². The monoisotopic (exact) mass is 345 g/mol. The molecule has 0 fully saturated rings. The van der Waals surface area contributed by atoms with Crippen molar-refractivity contribution in [2.75, 3.05) is 26.1 Å². The highest BCUT2D eigenvalue weighted by Crippen LogP contribution is 2.36. The lowest BCUT2D eigenvalue weighted by Crippen LogP contribution is -2.12. The van der Waals surface area contributed by atoms with E-state index in [1.807, 2.05) is 0 Å². The van der Waals surface area contributed by atoms with Gasteiger partial charge in [-0.1, -0.05) is 17.5 Å². The number of nitrogens with one attached hydrogen (secondary N) is 1. The summed E-state index contributed by atoms with van der Waals surface area (Å²) in [5.41, 5.74) is 0.912. The van der Waals surface area contributed by atoms with Crippen molar-refractivity contribution in [3.63, 3.8) is 0 Å². The summed E-state index contributed by atoms with van der Waals surface area (Å²) < 4.78 is 15.7. The van der Waals surface area contributed by atoms with Gasteiger partial charge < -0.3 is 19.5 Å². The zero-order valence-electron chi connectivity index (χ0n) is 13.3. The van der Waals surface area contributed by atoms with Gasteiger partial charge in [0.15, 0.2) is 0 Å². The van der Waals surface area contributed by atoms with E-state index in [1.54, 1.807) is 36.4 Å². The van der Waals surface area contributed by atoms with E-state index in [0.717, 1.165) is 0 Å². The molecule has 6 heteroatoms. The van der Waals surface area contributed by atoms with E-state index in [1.165, 1.54) is 14.2 Å². The van der Waals surface area contributed by atoms with Crippen LogP contribution in [0.15, 0.2) is 36.4 Å². The summed E-state index contributed by atoms with van der Waals surface area (Å²) in [4.78, 5) is 12.4. The molecule has 2 rings (SSSR count). The number of halogens is 1. The van der Waals surface area contributed by atoms with Crippen LogP contribution >= 0.6 is 11.6 Å². The second-order valence-corrected chi connectivity index (χ2v) is 5.07. The molecule has 0 radical (unpaired) electrons. The van der Waals surface area contributed by atoms with Gasteiger partial charge in [0.1, 0.15) is 23.9 Å². The Bertz CT molecular complexity index is 766. The maximum atomic E-state index is 12.4. The Kier molecular flexibility index (Phi) is 5.94. The van der Waals surface area contributed by atoms with E-state index < -0.39 is 0 Å². The number of ether oxygens (including phenoxy) is 3. The zero-order valence-corrected chi connectivity index (χ0v) is 14.0. The van der Waals surface area contributed by atoms with Crippen LogP contribution in [-0.2, 0) is 0 Å². The number of anilines is 1. The van der Waals surface area contributed by atoms with Crippen molar-refractivity contribution in [2.24, 2.45) is 0 Å². The Morgan fingerprint density at radius 1 is 1.17 bits per heavy atom. The average molecular weight is 346 g/mol. The molecule has 2 aromatic carbocycles. The molecule has 2 aromatic rings. The van der Waals surface area contributed by atoms with E-state index in [2.05, 4.69) is 11.2 Å². The maximum absolute atomic E-state index is 12.4. The quantitative estimate of drug-likeness (QED) is 0.812. The van der Waals surface area contributed by atoms with Gasteiger partial charge in [-0.2, -0.15) is 0 Å². The average Bonchev–Trinajstić information content (AvgIpc) is 2.61. The van der Waals surface area contributed by atoms with E-state index in [4.69, 9.17) is 32.2 Å². The summed E-state index contributed by atoms with van der Waals surface area (Å²) in [6, 6.07) is 9.80. The normalized spacial score (nSPS) is 9.75. The fourth-order valence-corrected chi connectivity index (χ4v) is 2.21. The van der Waals surface area contributed by atoms with Gasteiger partial charge in [0.25, 0.3) is 5.91 Å². The minimum absolute atomic E-state index is 0.174. The highest BCUT2D eigenvalue weighted by atomic mass is 35.5. The van der Waals surface area contributed by atoms with Crippen LogP contribution in [0.5, 0.6) is 17.2 Å². The summed E-state index contributed by atoms with van der Waals surface area (Å²) in [6.45, 7) is 0.174. The molecular weight excluding hydrogens is 330 g/mol. The summed E-state index contributed by atoms with van der Waals surface area (Å²) in [6.07, 6.45) is 5.13. The van der Waals surface area contributed by atoms with Crippen LogP contribution in [-0.4, -0.2) is 26.7 Å². The molecule has 0 aliphatic rings. The van der Waals surface area contributed by atoms with Gasteiger partial charge in [-0.05, 0) is 24.3 Å². The molecule has 5 nitrogen and oxygen atoms in total. The summed E-state index contributed by atoms with van der Waals surface area (Å²) in [5.74, 6) is 3.53. The molecule has 124 valence electrons. The van der Waals surface area contributed by atoms with Crippen molar-refractivity contribution in [3.8, 4) is 29.6 Å². The standard InChI is InChI=1S/C18H16ClNO4/c1-4-9-24-13-7-5-12(6-8-13)18(21)20-15-11-16(22-2)14(19)10-17(15)23-3/h1,5-8,10-11H,9H2,2-3H3,(H,20,21). The van der Waals surface area contributed by atoms with Gasteiger partial charge in [0, 0.05) is 17.7 Å². The smallest absolute Gasteiger partial charge is 0.255 e. The Morgan fingerprint density at radius 2 is 1.83 bits per heavy atom. The van der Waals surface area contributed by atoms with Gasteiger partial charge in [0.05, 0.1) is 24.9 Å². The molecule has 0 unspecified atom stereocenters. The Balaban J connectivity index is 2.18. The Labute approximate surface area is 145 Å². The fraction of sp³-hybridized carbons (Fsp3) is 0.167. The predicted octanol–water partition coefficient (Wildman–Crippen LogP) is 3.62. The molecular formula is C18H16ClNO4. The first-order valence-electron chi connectivity index (χ1n) is 6.98. The zero-order chi connectivity index (χ0) is 17.5. The first-order valence-corrected chi connectivity index (χ1v) is 7.36. The van der Waals surface area contributed by atoms with Crippen molar-refractivity contribution in [1.82, 2.24) is 0 Å². The third kappa shape index (κ3) is 4.12. The second-order valence-electron chi connectivity index (χ2n) is 4.66. The summed E-state index contributed by atoms with van der Waals surface area (Å²) in [7, 11) is 2.99. The third-order valence-corrected chi connectivity index (χ3v) is 3.46. The molecule has 0 aromatic heterocycles. The molecule has 0 aliphatic carbocycles. The molecule has 0 heterocycles. The molecule has 0 saturated heterocycles. The summed E-state index contributed by atoms with van der Waals surface area (Å²) in [5, 5.41) is 3.16. The number of benzene rings is 2. The lowest BCUT2D eigenvalue weighted by atomic mass is 10.2. The topological polar surface area (TPSA) is 56.8 Å². The highest BCUT2D eigenvalue weighted by molar-refractivity contribution is 6.32. The lowest BCUT2D eigenvalue weighted by molar-refractivity contribution is 0.102. The van der Waals surface area contributed by atoms with Crippen molar-refractivity contribution in [1.29, 1.82) is 0 Å². The van der Waals surface area contributed by atoms with Crippen molar-refractivity contribution < 1.29 is 19.0 Å². The number of methoxy groups -OCH3 is 2. The fourth-order valence-electron chi connectivity index (χ4n) is 1.98. The van der Waals surface area contributed by atoms with Gasteiger partial charge >= 0.3 is 0 Å². The molecule has 1 amide bonds. The van der Waals surface area contributed by atoms with Gasteiger partial charge in [-0.15, -0.1) is 6.42 Å². The highest BCUT2D eigenvalue weighted by Gasteiger charge is 2.13. The van der Waals surface area contributed by atoms with Crippen LogP contribution in [0.4, 0.5) is 5.69 Å². The van der Waals surface area contributed by atoms with E-state index in [-0.39, 0.29) is 12.5 Å².